The third kappa shape index (κ3) is 4.08. The van der Waals surface area contributed by atoms with E-state index in [0.29, 0.717) is 22.4 Å². The van der Waals surface area contributed by atoms with E-state index in [2.05, 4.69) is 55.4 Å². The van der Waals surface area contributed by atoms with Crippen LogP contribution in [-0.2, 0) is 6.18 Å². The first-order valence-corrected chi connectivity index (χ1v) is 13.1. The molecule has 0 aliphatic heterocycles. The molecule has 3 aromatic heterocycles. The van der Waals surface area contributed by atoms with E-state index in [9.17, 15) is 13.2 Å². The van der Waals surface area contributed by atoms with Crippen LogP contribution in [0.2, 0.25) is 0 Å². The molecule has 3 heterocycles. The van der Waals surface area contributed by atoms with Crippen molar-refractivity contribution in [2.75, 3.05) is 0 Å². The Balaban J connectivity index is 1.73. The molecule has 39 heavy (non-hydrogen) atoms. The number of aryl methyl sites for hydroxylation is 1. The molecule has 0 saturated carbocycles. The molecule has 4 nitrogen and oxygen atoms in total. The van der Waals surface area contributed by atoms with Gasteiger partial charge in [0, 0.05) is 16.5 Å². The Kier molecular flexibility index (Phi) is 5.79. The van der Waals surface area contributed by atoms with Crippen LogP contribution in [0.4, 0.5) is 13.2 Å². The molecule has 0 bridgehead atoms. The molecule has 0 saturated heterocycles. The van der Waals surface area contributed by atoms with Gasteiger partial charge in [0.05, 0.1) is 34.0 Å². The molecule has 0 aliphatic carbocycles. The van der Waals surface area contributed by atoms with Crippen molar-refractivity contribution in [3.05, 3.63) is 89.2 Å². The number of halogens is 3. The topological polar surface area (TPSA) is 43.9 Å². The highest BCUT2D eigenvalue weighted by molar-refractivity contribution is 6.09. The number of furan rings is 1. The van der Waals surface area contributed by atoms with E-state index in [-0.39, 0.29) is 17.4 Å². The number of benzene rings is 3. The number of para-hydroxylation sites is 2. The molecule has 7 heteroatoms. The van der Waals surface area contributed by atoms with Gasteiger partial charge < -0.3 is 4.42 Å². The molecule has 3 aromatic carbocycles. The minimum atomic E-state index is -4.46. The van der Waals surface area contributed by atoms with Crippen LogP contribution in [0.5, 0.6) is 0 Å². The highest BCUT2D eigenvalue weighted by atomic mass is 19.4. The highest BCUT2D eigenvalue weighted by Gasteiger charge is 2.31. The van der Waals surface area contributed by atoms with Gasteiger partial charge >= 0.3 is 6.18 Å². The molecule has 0 N–H and O–H groups in total. The summed E-state index contributed by atoms with van der Waals surface area (Å²) < 4.78 is 48.7. The van der Waals surface area contributed by atoms with Crippen LogP contribution in [0.1, 0.15) is 61.9 Å². The molecule has 6 aromatic rings. The van der Waals surface area contributed by atoms with Crippen LogP contribution in [-0.4, -0.2) is 14.5 Å². The third-order valence-corrected chi connectivity index (χ3v) is 7.31. The highest BCUT2D eigenvalue weighted by Crippen LogP contribution is 2.42. The van der Waals surface area contributed by atoms with Crippen LogP contribution in [0, 0.1) is 6.92 Å². The summed E-state index contributed by atoms with van der Waals surface area (Å²) in [5, 5.41) is 1.37. The van der Waals surface area contributed by atoms with Gasteiger partial charge in [-0.05, 0) is 60.2 Å². The Morgan fingerprint density at radius 2 is 1.54 bits per heavy atom. The summed E-state index contributed by atoms with van der Waals surface area (Å²) in [5.41, 5.74) is 6.56. The second-order valence-corrected chi connectivity index (χ2v) is 10.7. The standard InChI is InChI=1S/C32H28F3N3O/c1-17(2)21-8-6-9-22(18(3)4)29(21)38-27-16-36-19(5)14-26(27)37-31(38)25-11-7-10-24-23-13-12-20(32(33,34)35)15-28(23)39-30(24)25/h6-18H,1-5H3. The largest absolute Gasteiger partial charge is 0.455 e. The van der Waals surface area contributed by atoms with Crippen molar-refractivity contribution < 1.29 is 17.6 Å². The van der Waals surface area contributed by atoms with Gasteiger partial charge in [0.1, 0.15) is 17.0 Å². The fourth-order valence-corrected chi connectivity index (χ4v) is 5.41. The molecule has 6 rings (SSSR count). The molecule has 0 fully saturated rings. The maximum atomic E-state index is 13.5. The molecule has 198 valence electrons. The lowest BCUT2D eigenvalue weighted by Crippen LogP contribution is -2.08. The van der Waals surface area contributed by atoms with Gasteiger partial charge in [-0.15, -0.1) is 0 Å². The zero-order valence-corrected chi connectivity index (χ0v) is 22.4. The third-order valence-electron chi connectivity index (χ3n) is 7.31. The summed E-state index contributed by atoms with van der Waals surface area (Å²) in [4.78, 5) is 9.67. The van der Waals surface area contributed by atoms with Gasteiger partial charge in [-0.25, -0.2) is 4.98 Å². The van der Waals surface area contributed by atoms with Crippen molar-refractivity contribution in [1.82, 2.24) is 14.5 Å². The summed E-state index contributed by atoms with van der Waals surface area (Å²) in [6.45, 7) is 10.6. The number of nitrogens with zero attached hydrogens (tertiary/aromatic N) is 3. The number of hydrogen-bond acceptors (Lipinski definition) is 3. The minimum Gasteiger partial charge on any atom is -0.455 e. The summed E-state index contributed by atoms with van der Waals surface area (Å²) in [7, 11) is 0. The number of hydrogen-bond donors (Lipinski definition) is 0. The number of pyridine rings is 1. The Labute approximate surface area is 224 Å². The zero-order chi connectivity index (χ0) is 27.6. The fourth-order valence-electron chi connectivity index (χ4n) is 5.41. The van der Waals surface area contributed by atoms with E-state index in [0.717, 1.165) is 39.9 Å². The maximum Gasteiger partial charge on any atom is 0.416 e. The van der Waals surface area contributed by atoms with Crippen molar-refractivity contribution in [3.8, 4) is 17.1 Å². The fraction of sp³-hybridized carbons (Fsp3) is 0.250. The lowest BCUT2D eigenvalue weighted by atomic mass is 9.92. The average molecular weight is 528 g/mol. The van der Waals surface area contributed by atoms with Crippen molar-refractivity contribution in [1.29, 1.82) is 0 Å². The summed E-state index contributed by atoms with van der Waals surface area (Å²) in [6.07, 6.45) is -2.61. The zero-order valence-electron chi connectivity index (χ0n) is 22.4. The van der Waals surface area contributed by atoms with E-state index in [1.807, 2.05) is 37.4 Å². The van der Waals surface area contributed by atoms with Gasteiger partial charge in [-0.2, -0.15) is 13.2 Å². The predicted molar refractivity (Wildman–Crippen MR) is 149 cm³/mol. The van der Waals surface area contributed by atoms with Crippen LogP contribution >= 0.6 is 0 Å². The van der Waals surface area contributed by atoms with Crippen molar-refractivity contribution in [2.24, 2.45) is 0 Å². The van der Waals surface area contributed by atoms with Gasteiger partial charge in [0.2, 0.25) is 0 Å². The molecule has 0 amide bonds. The van der Waals surface area contributed by atoms with E-state index in [1.54, 1.807) is 0 Å². The summed E-state index contributed by atoms with van der Waals surface area (Å²) >= 11 is 0. The Morgan fingerprint density at radius 3 is 2.21 bits per heavy atom. The molecule has 0 atom stereocenters. The number of aromatic nitrogens is 3. The molecular weight excluding hydrogens is 499 g/mol. The lowest BCUT2D eigenvalue weighted by Gasteiger charge is -2.22. The summed E-state index contributed by atoms with van der Waals surface area (Å²) in [6, 6.07) is 17.7. The maximum absolute atomic E-state index is 13.5. The molecular formula is C32H28F3N3O. The van der Waals surface area contributed by atoms with E-state index in [1.165, 1.54) is 17.2 Å². The molecule has 0 radical (unpaired) electrons. The summed E-state index contributed by atoms with van der Waals surface area (Å²) in [5.74, 6) is 1.14. The van der Waals surface area contributed by atoms with Gasteiger partial charge in [0.25, 0.3) is 0 Å². The first-order valence-electron chi connectivity index (χ1n) is 13.1. The molecule has 0 spiro atoms. The first-order chi connectivity index (χ1) is 18.5. The quantitative estimate of drug-likeness (QED) is 0.229. The van der Waals surface area contributed by atoms with Crippen LogP contribution in [0.25, 0.3) is 50.0 Å². The van der Waals surface area contributed by atoms with Crippen molar-refractivity contribution in [2.45, 2.75) is 52.6 Å². The van der Waals surface area contributed by atoms with Gasteiger partial charge in [-0.3, -0.25) is 9.55 Å². The van der Waals surface area contributed by atoms with Crippen LogP contribution in [0.3, 0.4) is 0 Å². The second kappa shape index (κ2) is 8.97. The lowest BCUT2D eigenvalue weighted by molar-refractivity contribution is -0.137. The minimum absolute atomic E-state index is 0.192. The molecule has 0 aliphatic rings. The van der Waals surface area contributed by atoms with Gasteiger partial charge in [-0.1, -0.05) is 58.0 Å². The van der Waals surface area contributed by atoms with Crippen LogP contribution < -0.4 is 0 Å². The average Bonchev–Trinajstić information content (AvgIpc) is 3.44. The Hall–Kier alpha value is -4.13. The normalized spacial score (nSPS) is 12.6. The van der Waals surface area contributed by atoms with E-state index >= 15 is 0 Å². The SMILES string of the molecule is Cc1cc2nc(-c3cccc4c3oc3cc(C(F)(F)F)ccc34)n(-c3c(C(C)C)cccc3C(C)C)c2cn1. The van der Waals surface area contributed by atoms with E-state index in [4.69, 9.17) is 9.40 Å². The van der Waals surface area contributed by atoms with Crippen molar-refractivity contribution in [3.63, 3.8) is 0 Å². The Bertz CT molecular complexity index is 1850. The van der Waals surface area contributed by atoms with Crippen molar-refractivity contribution >= 4 is 33.0 Å². The van der Waals surface area contributed by atoms with E-state index < -0.39 is 11.7 Å². The Morgan fingerprint density at radius 1 is 0.846 bits per heavy atom. The van der Waals surface area contributed by atoms with Crippen LogP contribution in [0.15, 0.2) is 71.3 Å². The second-order valence-electron chi connectivity index (χ2n) is 10.7. The number of imidazole rings is 1. The molecule has 0 unspecified atom stereocenters. The number of fused-ring (bicyclic) bond motifs is 4. The monoisotopic (exact) mass is 527 g/mol. The van der Waals surface area contributed by atoms with Gasteiger partial charge in [0.15, 0.2) is 0 Å². The predicted octanol–water partition coefficient (Wildman–Crippen LogP) is 9.56. The smallest absolute Gasteiger partial charge is 0.416 e. The number of rotatable bonds is 4. The first kappa shape index (κ1) is 25.2. The number of alkyl halides is 3.